The highest BCUT2D eigenvalue weighted by atomic mass is 28.2. The van der Waals surface area contributed by atoms with Gasteiger partial charge in [0.15, 0.2) is 0 Å². The van der Waals surface area contributed by atoms with E-state index in [-0.39, 0.29) is 5.04 Å². The molecule has 0 atom stereocenters. The van der Waals surface area contributed by atoms with E-state index >= 15 is 0 Å². The van der Waals surface area contributed by atoms with Gasteiger partial charge in [0.05, 0.1) is 9.52 Å². The van der Waals surface area contributed by atoms with E-state index in [9.17, 15) is 9.59 Å². The lowest BCUT2D eigenvalue weighted by Crippen LogP contribution is -2.43. The van der Waals surface area contributed by atoms with Crippen molar-refractivity contribution in [3.63, 3.8) is 0 Å². The molecule has 0 aliphatic rings. The van der Waals surface area contributed by atoms with Gasteiger partial charge < -0.3 is 9.84 Å². The lowest BCUT2D eigenvalue weighted by atomic mass is 10.00. The Morgan fingerprint density at radius 2 is 1.35 bits per heavy atom. The molecule has 0 radical (unpaired) electrons. The molecule has 0 heterocycles. The smallest absolute Gasteiger partial charge is 0.331 e. The summed E-state index contributed by atoms with van der Waals surface area (Å²) in [6.07, 6.45) is 1.78. The lowest BCUT2D eigenvalue weighted by Gasteiger charge is -2.38. The number of rotatable bonds is 6. The first-order chi connectivity index (χ1) is 12.2. The lowest BCUT2D eigenvalue weighted by molar-refractivity contribution is -0.145. The van der Waals surface area contributed by atoms with Gasteiger partial charge in [0, 0.05) is 12.2 Å². The summed E-state index contributed by atoms with van der Waals surface area (Å²) < 4.78 is 6.01. The highest BCUT2D eigenvalue weighted by Gasteiger charge is 2.41. The number of aliphatic carboxylic acids is 1. The second-order valence-electron chi connectivity index (χ2n) is 7.39. The molecule has 0 unspecified atom stereocenters. The maximum atomic E-state index is 12.4. The van der Waals surface area contributed by atoms with Gasteiger partial charge in [-0.1, -0.05) is 81.4 Å². The van der Waals surface area contributed by atoms with Crippen LogP contribution in [0, 0.1) is 0 Å². The minimum atomic E-state index is -1.18. The van der Waals surface area contributed by atoms with Crippen molar-refractivity contribution in [2.24, 2.45) is 0 Å². The molecular weight excluding hydrogens is 344 g/mol. The van der Waals surface area contributed by atoms with Crippen LogP contribution in [0.15, 0.2) is 72.8 Å². The zero-order chi connectivity index (χ0) is 19.2. The van der Waals surface area contributed by atoms with Gasteiger partial charge in [-0.05, 0) is 16.2 Å². The average Bonchev–Trinajstić information content (AvgIpc) is 2.60. The molecule has 0 aliphatic heterocycles. The van der Waals surface area contributed by atoms with Crippen molar-refractivity contribution in [3.8, 4) is 0 Å². The Balaban J connectivity index is 2.60. The van der Waals surface area contributed by atoms with E-state index in [0.29, 0.717) is 0 Å². The first-order valence-electron chi connectivity index (χ1n) is 8.48. The van der Waals surface area contributed by atoms with Gasteiger partial charge in [0.1, 0.15) is 5.22 Å². The van der Waals surface area contributed by atoms with Gasteiger partial charge >= 0.3 is 11.9 Å². The van der Waals surface area contributed by atoms with E-state index < -0.39 is 26.7 Å². The summed E-state index contributed by atoms with van der Waals surface area (Å²) in [7, 11) is -1.04. The molecule has 2 aromatic rings. The topological polar surface area (TPSA) is 63.6 Å². The number of benzene rings is 2. The van der Waals surface area contributed by atoms with E-state index in [1.54, 1.807) is 0 Å². The van der Waals surface area contributed by atoms with Crippen LogP contribution in [0.2, 0.25) is 5.04 Å². The van der Waals surface area contributed by atoms with E-state index in [1.165, 1.54) is 0 Å². The van der Waals surface area contributed by atoms with Crippen LogP contribution < -0.4 is 0 Å². The van der Waals surface area contributed by atoms with Crippen molar-refractivity contribution in [2.75, 3.05) is 0 Å². The van der Waals surface area contributed by atoms with Crippen LogP contribution >= 0.6 is 0 Å². The highest BCUT2D eigenvalue weighted by Crippen LogP contribution is 2.40. The largest absolute Gasteiger partial charge is 0.478 e. The third-order valence-corrected chi connectivity index (χ3v) is 6.42. The number of carboxylic acids is 1. The van der Waals surface area contributed by atoms with Gasteiger partial charge in [-0.25, -0.2) is 9.59 Å². The van der Waals surface area contributed by atoms with Crippen molar-refractivity contribution >= 4 is 21.5 Å². The molecular formula is C21H24O4Si. The molecule has 5 heteroatoms. The van der Waals surface area contributed by atoms with Crippen molar-refractivity contribution in [1.29, 1.82) is 0 Å². The minimum absolute atomic E-state index is 0.0114. The van der Waals surface area contributed by atoms with Crippen LogP contribution in [0.4, 0.5) is 0 Å². The van der Waals surface area contributed by atoms with Crippen molar-refractivity contribution < 1.29 is 19.4 Å². The van der Waals surface area contributed by atoms with Crippen LogP contribution in [-0.2, 0) is 19.6 Å². The van der Waals surface area contributed by atoms with Crippen molar-refractivity contribution in [3.05, 3.63) is 83.9 Å². The molecule has 1 N–H and O–H groups in total. The fourth-order valence-corrected chi connectivity index (χ4v) is 5.62. The molecule has 0 bridgehead atoms. The molecule has 0 aromatic heterocycles. The fourth-order valence-electron chi connectivity index (χ4n) is 3.03. The summed E-state index contributed by atoms with van der Waals surface area (Å²) in [4.78, 5) is 23.2. The zero-order valence-electron chi connectivity index (χ0n) is 15.3. The minimum Gasteiger partial charge on any atom is -0.478 e. The molecule has 0 amide bonds. The molecule has 0 saturated carbocycles. The van der Waals surface area contributed by atoms with Crippen LogP contribution in [-0.4, -0.2) is 26.6 Å². The van der Waals surface area contributed by atoms with E-state index in [2.05, 4.69) is 20.8 Å². The molecule has 0 aliphatic carbocycles. The quantitative estimate of drug-likeness (QED) is 0.482. The normalized spacial score (nSPS) is 12.6. The Morgan fingerprint density at radius 3 is 1.73 bits per heavy atom. The number of esters is 1. The van der Waals surface area contributed by atoms with E-state index in [1.807, 2.05) is 60.7 Å². The number of hydrogen-bond acceptors (Lipinski definition) is 3. The maximum Gasteiger partial charge on any atom is 0.331 e. The summed E-state index contributed by atoms with van der Waals surface area (Å²) in [5, 5.41) is 7.91. The number of carbonyl (C=O) groups excluding carboxylic acids is 1. The summed E-state index contributed by atoms with van der Waals surface area (Å²) >= 11 is 0. The molecule has 136 valence electrons. The number of ether oxygens (including phenoxy) is 1. The van der Waals surface area contributed by atoms with Crippen LogP contribution in [0.3, 0.4) is 0 Å². The van der Waals surface area contributed by atoms with E-state index in [4.69, 9.17) is 9.84 Å². The van der Waals surface area contributed by atoms with Crippen molar-refractivity contribution in [2.45, 2.75) is 31.0 Å². The van der Waals surface area contributed by atoms with Gasteiger partial charge in [-0.2, -0.15) is 0 Å². The summed E-state index contributed by atoms with van der Waals surface area (Å²) in [5.41, 5.74) is 1.81. The maximum absolute atomic E-state index is 12.4. The first-order valence-corrected chi connectivity index (χ1v) is 9.89. The predicted octanol–water partition coefficient (Wildman–Crippen LogP) is 3.46. The number of carboxylic acid groups (broad SMARTS) is 1. The molecule has 0 saturated heterocycles. The van der Waals surface area contributed by atoms with Gasteiger partial charge in [-0.15, -0.1) is 0 Å². The van der Waals surface area contributed by atoms with Crippen molar-refractivity contribution in [1.82, 2.24) is 0 Å². The number of hydrogen-bond donors (Lipinski definition) is 1. The van der Waals surface area contributed by atoms with Crippen LogP contribution in [0.5, 0.6) is 0 Å². The first kappa shape index (κ1) is 19.7. The molecule has 2 rings (SSSR count). The Morgan fingerprint density at radius 1 is 0.885 bits per heavy atom. The second kappa shape index (κ2) is 8.14. The standard InChI is InChI=1S/C21H24O4Si/c1-20(2,3)26-21(16-10-6-4-7-11-16,17-12-8-5-9-13-17)25-19(24)15-14-18(22)23/h4-15H,26H2,1-3H3,(H,22,23)/b15-14-. The Kier molecular flexibility index (Phi) is 6.16. The number of carbonyl (C=O) groups is 2. The SMILES string of the molecule is CC(C)(C)[SiH2]C(OC(=O)/C=C\C(=O)O)(c1ccccc1)c1ccccc1. The molecule has 2 aromatic carbocycles. The predicted molar refractivity (Wildman–Crippen MR) is 105 cm³/mol. The highest BCUT2D eigenvalue weighted by molar-refractivity contribution is 6.45. The summed E-state index contributed by atoms with van der Waals surface area (Å²) in [6, 6.07) is 19.4. The van der Waals surface area contributed by atoms with Crippen LogP contribution in [0.1, 0.15) is 31.9 Å². The van der Waals surface area contributed by atoms with Gasteiger partial charge in [0.25, 0.3) is 0 Å². The summed E-state index contributed by atoms with van der Waals surface area (Å²) in [5.74, 6) is -1.84. The summed E-state index contributed by atoms with van der Waals surface area (Å²) in [6.45, 7) is 6.42. The Hall–Kier alpha value is -2.66. The molecule has 4 nitrogen and oxygen atoms in total. The fraction of sp³-hybridized carbons (Fsp3) is 0.238. The average molecular weight is 369 g/mol. The molecule has 0 fully saturated rings. The third kappa shape index (κ3) is 5.16. The second-order valence-corrected chi connectivity index (χ2v) is 10.9. The van der Waals surface area contributed by atoms with Crippen LogP contribution in [0.25, 0.3) is 0 Å². The third-order valence-electron chi connectivity index (χ3n) is 3.90. The van der Waals surface area contributed by atoms with E-state index in [0.717, 1.165) is 23.3 Å². The van der Waals surface area contributed by atoms with Gasteiger partial charge in [-0.3, -0.25) is 0 Å². The van der Waals surface area contributed by atoms with Gasteiger partial charge in [0.2, 0.25) is 0 Å². The Bertz CT molecular complexity index is 737. The zero-order valence-corrected chi connectivity index (χ0v) is 16.7. The molecule has 0 spiro atoms. The monoisotopic (exact) mass is 368 g/mol. The Labute approximate surface area is 156 Å². The molecule has 26 heavy (non-hydrogen) atoms.